The molecule has 0 spiro atoms. The number of esters is 1. The first-order valence-corrected chi connectivity index (χ1v) is 10.9. The van der Waals surface area contributed by atoms with Gasteiger partial charge in [0.25, 0.3) is 5.91 Å². The molecule has 0 bridgehead atoms. The van der Waals surface area contributed by atoms with E-state index < -0.39 is 36.5 Å². The van der Waals surface area contributed by atoms with Crippen LogP contribution in [0.3, 0.4) is 0 Å². The topological polar surface area (TPSA) is 129 Å². The van der Waals surface area contributed by atoms with E-state index in [4.69, 9.17) is 4.74 Å². The Hall–Kier alpha value is -3.66. The smallest absolute Gasteiger partial charge is 0.329 e. The number of aromatic nitrogens is 1. The first-order valence-electron chi connectivity index (χ1n) is 10.0. The van der Waals surface area contributed by atoms with Gasteiger partial charge < -0.3 is 20.4 Å². The standard InChI is InChI=1S/C22H24N4O5S/c1-14(27)25-19(11-15-12-24-18-7-3-2-6-17(15)18)21(29)31-13-20(28)26-22(30)23-9-8-16-5-4-10-32-16/h2-7,10,12,19,24H,8-9,11,13H2,1H3,(H,25,27)(H2,23,26,28,30). The van der Waals surface area contributed by atoms with Crippen LogP contribution in [0.4, 0.5) is 4.79 Å². The van der Waals surface area contributed by atoms with Crippen LogP contribution in [0.5, 0.6) is 0 Å². The number of carbonyl (C=O) groups excluding carboxylic acids is 4. The molecule has 0 aliphatic heterocycles. The second-order valence-electron chi connectivity index (χ2n) is 7.06. The van der Waals surface area contributed by atoms with Crippen molar-refractivity contribution in [2.45, 2.75) is 25.8 Å². The van der Waals surface area contributed by atoms with Crippen molar-refractivity contribution in [3.05, 3.63) is 58.4 Å². The average Bonchev–Trinajstić information content (AvgIpc) is 3.41. The molecule has 1 aromatic carbocycles. The number of aromatic amines is 1. The molecule has 0 radical (unpaired) electrons. The third-order valence-electron chi connectivity index (χ3n) is 4.60. The summed E-state index contributed by atoms with van der Waals surface area (Å²) in [4.78, 5) is 52.0. The molecule has 2 heterocycles. The fourth-order valence-electron chi connectivity index (χ4n) is 3.16. The van der Waals surface area contributed by atoms with Crippen LogP contribution in [0, 0.1) is 0 Å². The van der Waals surface area contributed by atoms with Gasteiger partial charge in [0.15, 0.2) is 6.61 Å². The zero-order valence-electron chi connectivity index (χ0n) is 17.5. The fourth-order valence-corrected chi connectivity index (χ4v) is 3.87. The molecule has 0 aliphatic carbocycles. The highest BCUT2D eigenvalue weighted by atomic mass is 32.1. The van der Waals surface area contributed by atoms with Crippen molar-refractivity contribution in [2.24, 2.45) is 0 Å². The molecule has 1 atom stereocenters. The molecule has 0 aliphatic rings. The first-order chi connectivity index (χ1) is 15.4. The summed E-state index contributed by atoms with van der Waals surface area (Å²) in [6.45, 7) is 1.03. The molecule has 4 amide bonds. The Kier molecular flexibility index (Phi) is 7.98. The number of carbonyl (C=O) groups is 4. The summed E-state index contributed by atoms with van der Waals surface area (Å²) in [5.41, 5.74) is 1.73. The monoisotopic (exact) mass is 456 g/mol. The number of urea groups is 1. The van der Waals surface area contributed by atoms with E-state index in [2.05, 4.69) is 20.9 Å². The molecule has 0 fully saturated rings. The molecule has 4 N–H and O–H groups in total. The number of thiophene rings is 1. The van der Waals surface area contributed by atoms with Gasteiger partial charge in [0, 0.05) is 41.9 Å². The van der Waals surface area contributed by atoms with Gasteiger partial charge in [-0.25, -0.2) is 9.59 Å². The largest absolute Gasteiger partial charge is 0.454 e. The Morgan fingerprint density at radius 1 is 1.12 bits per heavy atom. The van der Waals surface area contributed by atoms with Crippen molar-refractivity contribution in [1.29, 1.82) is 0 Å². The van der Waals surface area contributed by atoms with Crippen LogP contribution in [-0.2, 0) is 32.0 Å². The number of rotatable bonds is 9. The van der Waals surface area contributed by atoms with Gasteiger partial charge in [-0.1, -0.05) is 24.3 Å². The van der Waals surface area contributed by atoms with Gasteiger partial charge in [0.05, 0.1) is 0 Å². The summed E-state index contributed by atoms with van der Waals surface area (Å²) < 4.78 is 5.04. The van der Waals surface area contributed by atoms with Gasteiger partial charge in [0.1, 0.15) is 6.04 Å². The van der Waals surface area contributed by atoms with Crippen LogP contribution in [0.25, 0.3) is 10.9 Å². The lowest BCUT2D eigenvalue weighted by Crippen LogP contribution is -2.45. The van der Waals surface area contributed by atoms with E-state index in [1.165, 1.54) is 6.92 Å². The van der Waals surface area contributed by atoms with Gasteiger partial charge in [0.2, 0.25) is 5.91 Å². The second-order valence-corrected chi connectivity index (χ2v) is 8.09. The lowest BCUT2D eigenvalue weighted by Gasteiger charge is -2.16. The van der Waals surface area contributed by atoms with Gasteiger partial charge in [-0.15, -0.1) is 11.3 Å². The van der Waals surface area contributed by atoms with Crippen LogP contribution in [0.15, 0.2) is 48.0 Å². The SMILES string of the molecule is CC(=O)NC(Cc1c[nH]c2ccccc12)C(=O)OCC(=O)NC(=O)NCCc1cccs1. The first kappa shape index (κ1) is 23.0. The summed E-state index contributed by atoms with van der Waals surface area (Å²) in [5.74, 6) is -1.93. The molecule has 168 valence electrons. The zero-order chi connectivity index (χ0) is 22.9. The normalized spacial score (nSPS) is 11.5. The summed E-state index contributed by atoms with van der Waals surface area (Å²) in [6, 6.07) is 9.81. The van der Waals surface area contributed by atoms with Crippen molar-refractivity contribution in [2.75, 3.05) is 13.2 Å². The highest BCUT2D eigenvalue weighted by Crippen LogP contribution is 2.19. The Balaban J connectivity index is 1.48. The van der Waals surface area contributed by atoms with E-state index in [1.54, 1.807) is 17.5 Å². The molecule has 9 nitrogen and oxygen atoms in total. The summed E-state index contributed by atoms with van der Waals surface area (Å²) >= 11 is 1.58. The molecular weight excluding hydrogens is 432 g/mol. The molecule has 3 rings (SSSR count). The van der Waals surface area contributed by atoms with Crippen molar-refractivity contribution >= 4 is 46.1 Å². The Bertz CT molecular complexity index is 1090. The van der Waals surface area contributed by atoms with Crippen molar-refractivity contribution in [3.63, 3.8) is 0 Å². The van der Waals surface area contributed by atoms with E-state index in [1.807, 2.05) is 41.8 Å². The van der Waals surface area contributed by atoms with Crippen LogP contribution in [0.1, 0.15) is 17.4 Å². The van der Waals surface area contributed by atoms with Gasteiger partial charge in [-0.05, 0) is 29.5 Å². The molecule has 1 unspecified atom stereocenters. The number of para-hydroxylation sites is 1. The van der Waals surface area contributed by atoms with Gasteiger partial charge in [-0.2, -0.15) is 0 Å². The number of fused-ring (bicyclic) bond motifs is 1. The van der Waals surface area contributed by atoms with E-state index in [9.17, 15) is 19.2 Å². The van der Waals surface area contributed by atoms with Crippen LogP contribution < -0.4 is 16.0 Å². The van der Waals surface area contributed by atoms with Crippen LogP contribution in [0.2, 0.25) is 0 Å². The predicted molar refractivity (Wildman–Crippen MR) is 120 cm³/mol. The number of ether oxygens (including phenoxy) is 1. The Morgan fingerprint density at radius 2 is 1.94 bits per heavy atom. The second kappa shape index (κ2) is 11.1. The highest BCUT2D eigenvalue weighted by molar-refractivity contribution is 7.09. The molecule has 32 heavy (non-hydrogen) atoms. The minimum atomic E-state index is -0.973. The summed E-state index contributed by atoms with van der Waals surface area (Å²) in [6.07, 6.45) is 2.60. The number of imide groups is 1. The summed E-state index contributed by atoms with van der Waals surface area (Å²) in [5, 5.41) is 10.1. The van der Waals surface area contributed by atoms with E-state index in [0.29, 0.717) is 13.0 Å². The maximum absolute atomic E-state index is 12.5. The highest BCUT2D eigenvalue weighted by Gasteiger charge is 2.24. The van der Waals surface area contributed by atoms with E-state index in [-0.39, 0.29) is 6.42 Å². The third-order valence-corrected chi connectivity index (χ3v) is 5.53. The van der Waals surface area contributed by atoms with Crippen molar-refractivity contribution < 1.29 is 23.9 Å². The quantitative estimate of drug-likeness (QED) is 0.366. The molecule has 3 aromatic rings. The Morgan fingerprint density at radius 3 is 2.69 bits per heavy atom. The lowest BCUT2D eigenvalue weighted by atomic mass is 10.0. The third kappa shape index (κ3) is 6.67. The molecule has 10 heteroatoms. The van der Waals surface area contributed by atoms with E-state index >= 15 is 0 Å². The van der Waals surface area contributed by atoms with Crippen LogP contribution in [-0.4, -0.2) is 48.0 Å². The number of benzene rings is 1. The maximum Gasteiger partial charge on any atom is 0.329 e. The molecular formula is C22H24N4O5S. The van der Waals surface area contributed by atoms with Crippen LogP contribution >= 0.6 is 11.3 Å². The number of nitrogens with one attached hydrogen (secondary N) is 4. The zero-order valence-corrected chi connectivity index (χ0v) is 18.3. The molecule has 0 saturated heterocycles. The van der Waals surface area contributed by atoms with Gasteiger partial charge >= 0.3 is 12.0 Å². The van der Waals surface area contributed by atoms with Crippen molar-refractivity contribution in [3.8, 4) is 0 Å². The van der Waals surface area contributed by atoms with Crippen molar-refractivity contribution in [1.82, 2.24) is 20.9 Å². The molecule has 2 aromatic heterocycles. The summed E-state index contributed by atoms with van der Waals surface area (Å²) in [7, 11) is 0. The fraction of sp³-hybridized carbons (Fsp3) is 0.273. The Labute approximate surface area is 188 Å². The lowest BCUT2D eigenvalue weighted by molar-refractivity contribution is -0.151. The minimum Gasteiger partial charge on any atom is -0.454 e. The number of H-pyrrole nitrogens is 1. The van der Waals surface area contributed by atoms with E-state index in [0.717, 1.165) is 21.3 Å². The number of amides is 4. The number of hydrogen-bond acceptors (Lipinski definition) is 6. The number of hydrogen-bond donors (Lipinski definition) is 4. The maximum atomic E-state index is 12.5. The van der Waals surface area contributed by atoms with Gasteiger partial charge in [-0.3, -0.25) is 14.9 Å². The average molecular weight is 457 g/mol. The molecule has 0 saturated carbocycles. The minimum absolute atomic E-state index is 0.188. The predicted octanol–water partition coefficient (Wildman–Crippen LogP) is 1.89.